The smallest absolute Gasteiger partial charge is 0.323 e. The maximum atomic E-state index is 13.0. The van der Waals surface area contributed by atoms with E-state index in [1.54, 1.807) is 16.2 Å². The third-order valence-corrected chi connectivity index (χ3v) is 6.46. The van der Waals surface area contributed by atoms with Crippen LogP contribution in [0.1, 0.15) is 23.4 Å². The van der Waals surface area contributed by atoms with E-state index in [9.17, 15) is 9.59 Å². The number of ether oxygens (including phenoxy) is 1. The van der Waals surface area contributed by atoms with Crippen molar-refractivity contribution in [3.05, 3.63) is 33.5 Å². The number of thiophene rings is 1. The number of thiazole rings is 1. The second kappa shape index (κ2) is 8.37. The van der Waals surface area contributed by atoms with E-state index in [0.29, 0.717) is 37.0 Å². The summed E-state index contributed by atoms with van der Waals surface area (Å²) in [5.41, 5.74) is 0.711. The second-order valence-corrected chi connectivity index (χ2v) is 8.54. The first-order valence-corrected chi connectivity index (χ1v) is 10.9. The molecule has 2 aliphatic rings. The molecule has 0 spiro atoms. The molecule has 2 aliphatic heterocycles. The van der Waals surface area contributed by atoms with Crippen LogP contribution in [0.5, 0.6) is 0 Å². The predicted octanol–water partition coefficient (Wildman–Crippen LogP) is 2.48. The molecule has 144 valence electrons. The number of anilines is 1. The lowest BCUT2D eigenvalue weighted by Crippen LogP contribution is -2.37. The molecule has 4 heterocycles. The van der Waals surface area contributed by atoms with Crippen LogP contribution < -0.4 is 10.2 Å². The zero-order chi connectivity index (χ0) is 18.6. The summed E-state index contributed by atoms with van der Waals surface area (Å²) in [6, 6.07) is 3.93. The van der Waals surface area contributed by atoms with Crippen molar-refractivity contribution in [1.29, 1.82) is 0 Å². The molecule has 4 rings (SSSR count). The van der Waals surface area contributed by atoms with Crippen LogP contribution in [0.2, 0.25) is 0 Å². The van der Waals surface area contributed by atoms with Crippen molar-refractivity contribution in [2.75, 3.05) is 31.1 Å². The van der Waals surface area contributed by atoms with Gasteiger partial charge in [-0.05, 0) is 24.3 Å². The van der Waals surface area contributed by atoms with E-state index in [0.717, 1.165) is 24.3 Å². The van der Waals surface area contributed by atoms with E-state index in [1.165, 1.54) is 11.3 Å². The van der Waals surface area contributed by atoms with Gasteiger partial charge in [-0.1, -0.05) is 6.07 Å². The Morgan fingerprint density at radius 1 is 1.44 bits per heavy atom. The maximum Gasteiger partial charge on any atom is 0.323 e. The third-order valence-electron chi connectivity index (χ3n) is 4.69. The van der Waals surface area contributed by atoms with Crippen molar-refractivity contribution in [2.24, 2.45) is 0 Å². The Morgan fingerprint density at radius 2 is 2.37 bits per heavy atom. The summed E-state index contributed by atoms with van der Waals surface area (Å²) in [6.07, 6.45) is 2.41. The largest absolute Gasteiger partial charge is 0.376 e. The Kier molecular flexibility index (Phi) is 5.70. The minimum atomic E-state index is -0.125. The first-order chi connectivity index (χ1) is 13.2. The van der Waals surface area contributed by atoms with Crippen molar-refractivity contribution < 1.29 is 14.3 Å². The van der Waals surface area contributed by atoms with Gasteiger partial charge in [0.05, 0.1) is 24.8 Å². The van der Waals surface area contributed by atoms with Crippen molar-refractivity contribution in [1.82, 2.24) is 15.2 Å². The second-order valence-electron chi connectivity index (χ2n) is 6.67. The number of hydrogen-bond acceptors (Lipinski definition) is 6. The van der Waals surface area contributed by atoms with Crippen LogP contribution in [0, 0.1) is 0 Å². The highest BCUT2D eigenvalue weighted by Crippen LogP contribution is 2.23. The molecule has 1 N–H and O–H groups in total. The molecule has 0 radical (unpaired) electrons. The van der Waals surface area contributed by atoms with Crippen LogP contribution in [-0.2, 0) is 22.5 Å². The first-order valence-electron chi connectivity index (χ1n) is 9.10. The summed E-state index contributed by atoms with van der Waals surface area (Å²) in [4.78, 5) is 33.9. The molecule has 2 fully saturated rings. The molecule has 27 heavy (non-hydrogen) atoms. The Hall–Kier alpha value is -1.97. The fraction of sp³-hybridized carbons (Fsp3) is 0.500. The van der Waals surface area contributed by atoms with Gasteiger partial charge in [0, 0.05) is 36.5 Å². The lowest BCUT2D eigenvalue weighted by molar-refractivity contribution is -0.132. The van der Waals surface area contributed by atoms with Crippen LogP contribution in [0.15, 0.2) is 22.9 Å². The monoisotopic (exact) mass is 406 g/mol. The lowest BCUT2D eigenvalue weighted by Gasteiger charge is -2.25. The summed E-state index contributed by atoms with van der Waals surface area (Å²) in [5, 5.41) is 7.31. The summed E-state index contributed by atoms with van der Waals surface area (Å²) in [6.45, 7) is 3.23. The summed E-state index contributed by atoms with van der Waals surface area (Å²) in [5.74, 6) is 0.0432. The Balaban J connectivity index is 1.42. The highest BCUT2D eigenvalue weighted by Gasteiger charge is 2.26. The lowest BCUT2D eigenvalue weighted by atomic mass is 10.2. The molecule has 1 unspecified atom stereocenters. The minimum Gasteiger partial charge on any atom is -0.376 e. The quantitative estimate of drug-likeness (QED) is 0.767. The number of rotatable bonds is 7. The zero-order valence-electron chi connectivity index (χ0n) is 14.9. The molecule has 0 aromatic carbocycles. The van der Waals surface area contributed by atoms with Gasteiger partial charge in [-0.3, -0.25) is 9.69 Å². The van der Waals surface area contributed by atoms with Gasteiger partial charge >= 0.3 is 6.03 Å². The summed E-state index contributed by atoms with van der Waals surface area (Å²) >= 11 is 3.06. The van der Waals surface area contributed by atoms with Gasteiger partial charge in [0.25, 0.3) is 0 Å². The van der Waals surface area contributed by atoms with Crippen molar-refractivity contribution in [2.45, 2.75) is 31.9 Å². The first kappa shape index (κ1) is 18.4. The van der Waals surface area contributed by atoms with Gasteiger partial charge in [-0.25, -0.2) is 9.78 Å². The molecule has 2 aromatic heterocycles. The van der Waals surface area contributed by atoms with Crippen LogP contribution in [0.25, 0.3) is 0 Å². The third kappa shape index (κ3) is 4.48. The van der Waals surface area contributed by atoms with Gasteiger partial charge in [-0.2, -0.15) is 0 Å². The molecule has 9 heteroatoms. The predicted molar refractivity (Wildman–Crippen MR) is 105 cm³/mol. The van der Waals surface area contributed by atoms with Gasteiger partial charge in [-0.15, -0.1) is 22.7 Å². The Labute approximate surface area is 165 Å². The normalized spacial score (nSPS) is 19.5. The molecule has 3 amide bonds. The molecule has 1 atom stereocenters. The highest BCUT2D eigenvalue weighted by molar-refractivity contribution is 7.14. The molecule has 0 aliphatic carbocycles. The number of carbonyl (C=O) groups is 2. The number of amides is 3. The number of nitrogens with zero attached hydrogens (tertiary/aromatic N) is 3. The number of nitrogens with one attached hydrogen (secondary N) is 1. The van der Waals surface area contributed by atoms with Crippen molar-refractivity contribution in [3.63, 3.8) is 0 Å². The van der Waals surface area contributed by atoms with E-state index in [2.05, 4.69) is 10.3 Å². The number of carbonyl (C=O) groups excluding carboxylic acids is 2. The molecule has 7 nitrogen and oxygen atoms in total. The molecule has 0 saturated carbocycles. The number of urea groups is 1. The van der Waals surface area contributed by atoms with Gasteiger partial charge < -0.3 is 15.0 Å². The zero-order valence-corrected chi connectivity index (χ0v) is 16.6. The van der Waals surface area contributed by atoms with E-state index in [-0.39, 0.29) is 24.5 Å². The molecule has 2 saturated heterocycles. The van der Waals surface area contributed by atoms with Gasteiger partial charge in [0.15, 0.2) is 5.13 Å². The van der Waals surface area contributed by atoms with Gasteiger partial charge in [0.2, 0.25) is 5.91 Å². The van der Waals surface area contributed by atoms with Crippen LogP contribution in [0.4, 0.5) is 9.93 Å². The highest BCUT2D eigenvalue weighted by atomic mass is 32.1. The Morgan fingerprint density at radius 3 is 3.07 bits per heavy atom. The molecular formula is C18H22N4O3S2. The van der Waals surface area contributed by atoms with Crippen LogP contribution in [-0.4, -0.2) is 54.2 Å². The SMILES string of the molecule is O=C(Cc1csc(N2CCNC2=O)n1)N(Cc1cccs1)CC1CCCO1. The summed E-state index contributed by atoms with van der Waals surface area (Å²) < 4.78 is 5.73. The number of aromatic nitrogens is 1. The van der Waals surface area contributed by atoms with Crippen LogP contribution in [0.3, 0.4) is 0 Å². The average Bonchev–Trinajstić information content (AvgIpc) is 3.43. The van der Waals surface area contributed by atoms with E-state index < -0.39 is 0 Å². The van der Waals surface area contributed by atoms with E-state index >= 15 is 0 Å². The van der Waals surface area contributed by atoms with E-state index in [1.807, 2.05) is 27.8 Å². The molecule has 0 bridgehead atoms. The molecular weight excluding hydrogens is 384 g/mol. The van der Waals surface area contributed by atoms with Crippen molar-refractivity contribution in [3.8, 4) is 0 Å². The average molecular weight is 407 g/mol. The Bertz CT molecular complexity index is 786. The molecule has 2 aromatic rings. The standard InChI is InChI=1S/C18H22N4O3S2/c23-16(9-13-12-27-18(20-13)22-6-5-19-17(22)24)21(10-14-3-1-7-25-14)11-15-4-2-8-26-15/h2,4,8,12,14H,1,3,5-7,9-11H2,(H,19,24). The minimum absolute atomic E-state index is 0.0432. The topological polar surface area (TPSA) is 74.8 Å². The van der Waals surface area contributed by atoms with Gasteiger partial charge in [0.1, 0.15) is 0 Å². The maximum absolute atomic E-state index is 13.0. The fourth-order valence-corrected chi connectivity index (χ4v) is 4.87. The van der Waals surface area contributed by atoms with Crippen molar-refractivity contribution >= 4 is 39.7 Å². The van der Waals surface area contributed by atoms with Crippen LogP contribution >= 0.6 is 22.7 Å². The summed E-state index contributed by atoms with van der Waals surface area (Å²) in [7, 11) is 0. The van der Waals surface area contributed by atoms with E-state index in [4.69, 9.17) is 4.74 Å². The number of hydrogen-bond donors (Lipinski definition) is 1. The fourth-order valence-electron chi connectivity index (χ4n) is 3.30.